The molecule has 1 fully saturated rings. The Labute approximate surface area is 176 Å². The minimum absolute atomic E-state index is 0.269. The number of para-hydroxylation sites is 1. The fourth-order valence-corrected chi connectivity index (χ4v) is 5.29. The van der Waals surface area contributed by atoms with Crippen molar-refractivity contribution in [1.82, 2.24) is 24.3 Å². The summed E-state index contributed by atoms with van der Waals surface area (Å²) in [4.78, 5) is 11.2. The number of sulfonamides is 1. The van der Waals surface area contributed by atoms with Crippen molar-refractivity contribution in [3.05, 3.63) is 47.7 Å². The van der Waals surface area contributed by atoms with Gasteiger partial charge in [-0.3, -0.25) is 9.88 Å². The highest BCUT2D eigenvalue weighted by atomic mass is 32.2. The summed E-state index contributed by atoms with van der Waals surface area (Å²) in [5.41, 5.74) is 1.53. The smallest absolute Gasteiger partial charge is 0.245 e. The molecular formula is C21H27N5O3S. The van der Waals surface area contributed by atoms with Crippen molar-refractivity contribution >= 4 is 20.9 Å². The van der Waals surface area contributed by atoms with E-state index in [4.69, 9.17) is 4.52 Å². The molecule has 3 aromatic rings. The number of pyridine rings is 1. The van der Waals surface area contributed by atoms with Gasteiger partial charge in [-0.15, -0.1) is 0 Å². The van der Waals surface area contributed by atoms with Crippen LogP contribution < -0.4 is 0 Å². The fourth-order valence-electron chi connectivity index (χ4n) is 3.70. The highest BCUT2D eigenvalue weighted by Gasteiger charge is 2.30. The molecule has 9 heteroatoms. The molecule has 0 N–H and O–H groups in total. The van der Waals surface area contributed by atoms with E-state index in [2.05, 4.69) is 26.9 Å². The summed E-state index contributed by atoms with van der Waals surface area (Å²) in [5.74, 6) is 1.33. The van der Waals surface area contributed by atoms with E-state index in [0.717, 1.165) is 36.0 Å². The zero-order chi connectivity index (χ0) is 21.1. The predicted octanol–water partition coefficient (Wildman–Crippen LogP) is 2.78. The minimum atomic E-state index is -3.61. The van der Waals surface area contributed by atoms with Gasteiger partial charge in [-0.05, 0) is 31.0 Å². The Morgan fingerprint density at radius 3 is 2.73 bits per heavy atom. The number of fused-ring (bicyclic) bond motifs is 1. The summed E-state index contributed by atoms with van der Waals surface area (Å²) in [6.07, 6.45) is 4.66. The molecule has 0 aliphatic carbocycles. The summed E-state index contributed by atoms with van der Waals surface area (Å²) in [6, 6.07) is 7.27. The van der Waals surface area contributed by atoms with E-state index in [9.17, 15) is 8.42 Å². The number of rotatable bonds is 7. The third-order valence-corrected chi connectivity index (χ3v) is 7.31. The van der Waals surface area contributed by atoms with Crippen molar-refractivity contribution in [1.29, 1.82) is 0 Å². The molecule has 2 aromatic heterocycles. The molecule has 1 saturated heterocycles. The highest BCUT2D eigenvalue weighted by molar-refractivity contribution is 7.89. The van der Waals surface area contributed by atoms with E-state index < -0.39 is 10.0 Å². The number of hydrogen-bond acceptors (Lipinski definition) is 7. The van der Waals surface area contributed by atoms with Gasteiger partial charge in [0.15, 0.2) is 5.82 Å². The number of hydrogen-bond donors (Lipinski definition) is 0. The van der Waals surface area contributed by atoms with Crippen LogP contribution in [0, 0.1) is 6.92 Å². The number of nitrogens with zero attached hydrogens (tertiary/aromatic N) is 5. The molecule has 1 aliphatic heterocycles. The zero-order valence-electron chi connectivity index (χ0n) is 17.4. The summed E-state index contributed by atoms with van der Waals surface area (Å²) in [6.45, 7) is 6.68. The van der Waals surface area contributed by atoms with Gasteiger partial charge < -0.3 is 4.52 Å². The van der Waals surface area contributed by atoms with E-state index in [1.165, 1.54) is 0 Å². The number of aryl methyl sites for hydroxylation is 2. The molecule has 0 spiro atoms. The average molecular weight is 430 g/mol. The van der Waals surface area contributed by atoms with Gasteiger partial charge in [-0.25, -0.2) is 8.42 Å². The minimum Gasteiger partial charge on any atom is -0.338 e. The van der Waals surface area contributed by atoms with E-state index in [0.29, 0.717) is 44.1 Å². The quantitative estimate of drug-likeness (QED) is 0.570. The predicted molar refractivity (Wildman–Crippen MR) is 113 cm³/mol. The largest absolute Gasteiger partial charge is 0.338 e. The Bertz CT molecular complexity index is 1120. The van der Waals surface area contributed by atoms with Gasteiger partial charge in [-0.2, -0.15) is 9.29 Å². The lowest BCUT2D eigenvalue weighted by Crippen LogP contribution is -2.48. The summed E-state index contributed by atoms with van der Waals surface area (Å²) in [7, 11) is -3.61. The van der Waals surface area contributed by atoms with Crippen LogP contribution in [0.2, 0.25) is 0 Å². The molecule has 0 bridgehead atoms. The topological polar surface area (TPSA) is 92.4 Å². The van der Waals surface area contributed by atoms with Gasteiger partial charge in [0.05, 0.1) is 12.1 Å². The SMILES string of the molecule is CCCCc1noc(CN2CCN(S(=O)(=O)c3cccc4cc(C)cnc34)CC2)n1. The maximum Gasteiger partial charge on any atom is 0.245 e. The third kappa shape index (κ3) is 4.38. The molecule has 160 valence electrons. The molecular weight excluding hydrogens is 402 g/mol. The van der Waals surface area contributed by atoms with E-state index in [-0.39, 0.29) is 4.90 Å². The molecule has 8 nitrogen and oxygen atoms in total. The summed E-state index contributed by atoms with van der Waals surface area (Å²) < 4.78 is 33.4. The second-order valence-electron chi connectivity index (χ2n) is 7.73. The van der Waals surface area contributed by atoms with Crippen LogP contribution in [0.15, 0.2) is 39.9 Å². The Kier molecular flexibility index (Phi) is 6.12. The van der Waals surface area contributed by atoms with Gasteiger partial charge in [-0.1, -0.05) is 30.6 Å². The van der Waals surface area contributed by atoms with Crippen LogP contribution in [0.5, 0.6) is 0 Å². The lowest BCUT2D eigenvalue weighted by atomic mass is 10.2. The van der Waals surface area contributed by atoms with Crippen LogP contribution in [0.1, 0.15) is 37.0 Å². The second kappa shape index (κ2) is 8.79. The van der Waals surface area contributed by atoms with Gasteiger partial charge in [0.1, 0.15) is 4.90 Å². The molecule has 0 amide bonds. The summed E-state index contributed by atoms with van der Waals surface area (Å²) >= 11 is 0. The number of benzene rings is 1. The van der Waals surface area contributed by atoms with Crippen molar-refractivity contribution < 1.29 is 12.9 Å². The molecule has 30 heavy (non-hydrogen) atoms. The van der Waals surface area contributed by atoms with Crippen molar-refractivity contribution in [2.45, 2.75) is 44.6 Å². The second-order valence-corrected chi connectivity index (χ2v) is 9.64. The number of piperazine rings is 1. The zero-order valence-corrected chi connectivity index (χ0v) is 18.2. The van der Waals surface area contributed by atoms with E-state index in [1.54, 1.807) is 22.6 Å². The lowest BCUT2D eigenvalue weighted by Gasteiger charge is -2.33. The van der Waals surface area contributed by atoms with E-state index in [1.807, 2.05) is 19.1 Å². The Hall–Kier alpha value is -2.36. The van der Waals surface area contributed by atoms with Gasteiger partial charge in [0.2, 0.25) is 15.9 Å². The van der Waals surface area contributed by atoms with E-state index >= 15 is 0 Å². The first-order valence-corrected chi connectivity index (χ1v) is 11.8. The molecule has 4 rings (SSSR count). The molecule has 1 aliphatic rings. The first kappa shape index (κ1) is 20.9. The van der Waals surface area contributed by atoms with Crippen LogP contribution in [-0.4, -0.2) is 58.9 Å². The fraction of sp³-hybridized carbons (Fsp3) is 0.476. The van der Waals surface area contributed by atoms with Crippen LogP contribution in [0.25, 0.3) is 10.9 Å². The van der Waals surface area contributed by atoms with Gasteiger partial charge >= 0.3 is 0 Å². The Morgan fingerprint density at radius 1 is 1.17 bits per heavy atom. The molecule has 0 unspecified atom stereocenters. The van der Waals surface area contributed by atoms with Gasteiger partial charge in [0, 0.05) is 44.2 Å². The van der Waals surface area contributed by atoms with Crippen molar-refractivity contribution in [3.8, 4) is 0 Å². The standard InChI is InChI=1S/C21H27N5O3S/c1-3-4-8-19-23-20(29-24-19)15-25-9-11-26(12-10-25)30(27,28)18-7-5-6-17-13-16(2)14-22-21(17)18/h5-7,13-14H,3-4,8-12,15H2,1-2H3. The van der Waals surface area contributed by atoms with Gasteiger partial charge in [0.25, 0.3) is 0 Å². The average Bonchev–Trinajstić information content (AvgIpc) is 3.19. The highest BCUT2D eigenvalue weighted by Crippen LogP contribution is 2.25. The summed E-state index contributed by atoms with van der Waals surface area (Å²) in [5, 5.41) is 4.86. The van der Waals surface area contributed by atoms with Crippen molar-refractivity contribution in [3.63, 3.8) is 0 Å². The van der Waals surface area contributed by atoms with Crippen LogP contribution in [-0.2, 0) is 23.0 Å². The number of aromatic nitrogens is 3. The monoisotopic (exact) mass is 429 g/mol. The molecule has 0 saturated carbocycles. The van der Waals surface area contributed by atoms with Crippen LogP contribution >= 0.6 is 0 Å². The van der Waals surface area contributed by atoms with Crippen molar-refractivity contribution in [2.75, 3.05) is 26.2 Å². The number of unbranched alkanes of at least 4 members (excludes halogenated alkanes) is 1. The Balaban J connectivity index is 1.43. The molecule has 0 radical (unpaired) electrons. The molecule has 0 atom stereocenters. The lowest BCUT2D eigenvalue weighted by molar-refractivity contribution is 0.163. The van der Waals surface area contributed by atoms with Crippen LogP contribution in [0.3, 0.4) is 0 Å². The third-order valence-electron chi connectivity index (χ3n) is 5.38. The first-order valence-electron chi connectivity index (χ1n) is 10.4. The molecule has 3 heterocycles. The molecule has 1 aromatic carbocycles. The van der Waals surface area contributed by atoms with Crippen molar-refractivity contribution in [2.24, 2.45) is 0 Å². The Morgan fingerprint density at radius 2 is 1.97 bits per heavy atom. The van der Waals surface area contributed by atoms with Crippen LogP contribution in [0.4, 0.5) is 0 Å². The first-order chi connectivity index (χ1) is 14.5. The normalized spacial score (nSPS) is 16.3. The maximum absolute atomic E-state index is 13.3. The maximum atomic E-state index is 13.3.